The fourth-order valence-corrected chi connectivity index (χ4v) is 3.63. The van der Waals surface area contributed by atoms with Gasteiger partial charge in [0.05, 0.1) is 5.88 Å². The van der Waals surface area contributed by atoms with Crippen molar-refractivity contribution in [3.63, 3.8) is 0 Å². The molecule has 1 aliphatic rings. The maximum atomic E-state index is 6.07. The minimum Gasteiger partial charge on any atom is -0.312 e. The Bertz CT molecular complexity index is 612. The summed E-state index contributed by atoms with van der Waals surface area (Å²) in [5.74, 6) is 3.18. The van der Waals surface area contributed by atoms with Crippen LogP contribution in [0.4, 0.5) is 0 Å². The smallest absolute Gasteiger partial charge is 0.160 e. The molecular formula is C17H24ClN3. The Morgan fingerprint density at radius 3 is 2.76 bits per heavy atom. The van der Waals surface area contributed by atoms with Crippen LogP contribution in [0.15, 0.2) is 12.3 Å². The zero-order chi connectivity index (χ0) is 14.8. The first-order valence-corrected chi connectivity index (χ1v) is 8.58. The first-order valence-electron chi connectivity index (χ1n) is 8.05. The highest BCUT2D eigenvalue weighted by molar-refractivity contribution is 6.16. The Kier molecular flexibility index (Phi) is 4.48. The van der Waals surface area contributed by atoms with E-state index in [1.807, 2.05) is 6.20 Å². The first kappa shape index (κ1) is 14.8. The van der Waals surface area contributed by atoms with Crippen LogP contribution in [-0.4, -0.2) is 14.5 Å². The summed E-state index contributed by atoms with van der Waals surface area (Å²) in [7, 11) is 0. The zero-order valence-electron chi connectivity index (χ0n) is 13.0. The molecule has 4 heteroatoms. The number of aryl methyl sites for hydroxylation is 2. The molecule has 3 nitrogen and oxygen atoms in total. The van der Waals surface area contributed by atoms with Gasteiger partial charge in [0.15, 0.2) is 5.65 Å². The summed E-state index contributed by atoms with van der Waals surface area (Å²) in [5, 5.41) is 0. The predicted molar refractivity (Wildman–Crippen MR) is 87.6 cm³/mol. The number of halogens is 1. The van der Waals surface area contributed by atoms with E-state index in [-0.39, 0.29) is 0 Å². The molecule has 2 aromatic heterocycles. The topological polar surface area (TPSA) is 30.7 Å². The van der Waals surface area contributed by atoms with Gasteiger partial charge in [0.25, 0.3) is 0 Å². The first-order chi connectivity index (χ1) is 10.2. The molecule has 0 aromatic carbocycles. The molecule has 0 unspecified atom stereocenters. The van der Waals surface area contributed by atoms with Crippen molar-refractivity contribution in [2.75, 3.05) is 0 Å². The SMILES string of the molecule is Cc1cnc2c(c1)nc(CCl)n2CCC1CCC(C)CC1. The van der Waals surface area contributed by atoms with E-state index in [4.69, 9.17) is 11.6 Å². The van der Waals surface area contributed by atoms with E-state index in [1.54, 1.807) is 0 Å². The number of nitrogens with zero attached hydrogens (tertiary/aromatic N) is 3. The number of hydrogen-bond acceptors (Lipinski definition) is 2. The molecule has 1 saturated carbocycles. The van der Waals surface area contributed by atoms with Crippen LogP contribution in [0.3, 0.4) is 0 Å². The van der Waals surface area contributed by atoms with Gasteiger partial charge < -0.3 is 4.57 Å². The second-order valence-electron chi connectivity index (χ2n) is 6.58. The van der Waals surface area contributed by atoms with E-state index >= 15 is 0 Å². The number of rotatable bonds is 4. The van der Waals surface area contributed by atoms with E-state index in [1.165, 1.54) is 32.1 Å². The molecule has 0 spiro atoms. The summed E-state index contributed by atoms with van der Waals surface area (Å²) in [6.07, 6.45) is 8.65. The summed E-state index contributed by atoms with van der Waals surface area (Å²) < 4.78 is 2.22. The van der Waals surface area contributed by atoms with Gasteiger partial charge >= 0.3 is 0 Å². The fraction of sp³-hybridized carbons (Fsp3) is 0.647. The van der Waals surface area contributed by atoms with Gasteiger partial charge in [-0.25, -0.2) is 9.97 Å². The van der Waals surface area contributed by atoms with Crippen molar-refractivity contribution in [3.8, 4) is 0 Å². The molecule has 1 fully saturated rings. The standard InChI is InChI=1S/C17H24ClN3/c1-12-3-5-14(6-4-12)7-8-21-16(10-18)20-15-9-13(2)11-19-17(15)21/h9,11-12,14H,3-8,10H2,1-2H3. The second kappa shape index (κ2) is 6.35. The lowest BCUT2D eigenvalue weighted by Gasteiger charge is -2.26. The summed E-state index contributed by atoms with van der Waals surface area (Å²) in [6, 6.07) is 2.09. The third-order valence-electron chi connectivity index (χ3n) is 4.82. The third kappa shape index (κ3) is 3.23. The highest BCUT2D eigenvalue weighted by Crippen LogP contribution is 2.31. The van der Waals surface area contributed by atoms with Crippen LogP contribution in [0.25, 0.3) is 11.2 Å². The lowest BCUT2D eigenvalue weighted by molar-refractivity contribution is 0.269. The van der Waals surface area contributed by atoms with Crippen LogP contribution < -0.4 is 0 Å². The van der Waals surface area contributed by atoms with Crippen molar-refractivity contribution in [2.24, 2.45) is 11.8 Å². The number of imidazole rings is 1. The predicted octanol–water partition coefficient (Wildman–Crippen LogP) is 4.69. The molecule has 114 valence electrons. The van der Waals surface area contributed by atoms with Crippen LogP contribution in [0.2, 0.25) is 0 Å². The van der Waals surface area contributed by atoms with Crippen molar-refractivity contribution >= 4 is 22.8 Å². The minimum atomic E-state index is 0.455. The van der Waals surface area contributed by atoms with Crippen molar-refractivity contribution in [2.45, 2.75) is 58.4 Å². The number of aromatic nitrogens is 3. The second-order valence-corrected chi connectivity index (χ2v) is 6.85. The van der Waals surface area contributed by atoms with Gasteiger partial charge in [-0.15, -0.1) is 11.6 Å². The maximum Gasteiger partial charge on any atom is 0.160 e. The molecule has 0 radical (unpaired) electrons. The van der Waals surface area contributed by atoms with Crippen molar-refractivity contribution < 1.29 is 0 Å². The van der Waals surface area contributed by atoms with E-state index in [0.29, 0.717) is 5.88 Å². The van der Waals surface area contributed by atoms with Crippen LogP contribution in [0.1, 0.15) is 50.4 Å². The molecule has 0 amide bonds. The normalized spacial score (nSPS) is 22.8. The van der Waals surface area contributed by atoms with Crippen LogP contribution in [0.5, 0.6) is 0 Å². The highest BCUT2D eigenvalue weighted by atomic mass is 35.5. The molecule has 0 saturated heterocycles. The van der Waals surface area contributed by atoms with Gasteiger partial charge in [-0.1, -0.05) is 32.6 Å². The van der Waals surface area contributed by atoms with Gasteiger partial charge in [-0.3, -0.25) is 0 Å². The Hall–Kier alpha value is -1.09. The molecule has 0 N–H and O–H groups in total. The fourth-order valence-electron chi connectivity index (χ4n) is 3.42. The van der Waals surface area contributed by atoms with E-state index in [9.17, 15) is 0 Å². The third-order valence-corrected chi connectivity index (χ3v) is 5.06. The quantitative estimate of drug-likeness (QED) is 0.767. The average Bonchev–Trinajstić information content (AvgIpc) is 2.83. The van der Waals surface area contributed by atoms with Gasteiger partial charge in [0, 0.05) is 12.7 Å². The molecule has 0 aliphatic heterocycles. The average molecular weight is 306 g/mol. The van der Waals surface area contributed by atoms with Gasteiger partial charge in [0.1, 0.15) is 11.3 Å². The highest BCUT2D eigenvalue weighted by Gasteiger charge is 2.19. The number of pyridine rings is 1. The van der Waals surface area contributed by atoms with Gasteiger partial charge in [0.2, 0.25) is 0 Å². The summed E-state index contributed by atoms with van der Waals surface area (Å²) in [6.45, 7) is 5.42. The Balaban J connectivity index is 1.76. The molecule has 0 bridgehead atoms. The molecule has 0 atom stereocenters. The number of hydrogen-bond donors (Lipinski definition) is 0. The molecule has 2 aromatic rings. The van der Waals surface area contributed by atoms with Gasteiger partial charge in [-0.05, 0) is 36.8 Å². The van der Waals surface area contributed by atoms with Gasteiger partial charge in [-0.2, -0.15) is 0 Å². The van der Waals surface area contributed by atoms with Crippen molar-refractivity contribution in [1.29, 1.82) is 0 Å². The number of alkyl halides is 1. The van der Waals surface area contributed by atoms with Crippen LogP contribution in [-0.2, 0) is 12.4 Å². The lowest BCUT2D eigenvalue weighted by Crippen LogP contribution is -2.15. The maximum absolute atomic E-state index is 6.07. The van der Waals surface area contributed by atoms with E-state index < -0.39 is 0 Å². The van der Waals surface area contributed by atoms with Crippen molar-refractivity contribution in [1.82, 2.24) is 14.5 Å². The van der Waals surface area contributed by atoms with Crippen LogP contribution in [0, 0.1) is 18.8 Å². The monoisotopic (exact) mass is 305 g/mol. The Labute approximate surface area is 131 Å². The van der Waals surface area contributed by atoms with E-state index in [0.717, 1.165) is 40.9 Å². The molecule has 3 rings (SSSR count). The summed E-state index contributed by atoms with van der Waals surface area (Å²) >= 11 is 6.07. The van der Waals surface area contributed by atoms with E-state index in [2.05, 4.69) is 34.4 Å². The largest absolute Gasteiger partial charge is 0.312 e. The molecule has 1 aliphatic carbocycles. The minimum absolute atomic E-state index is 0.455. The van der Waals surface area contributed by atoms with Crippen LogP contribution >= 0.6 is 11.6 Å². The Morgan fingerprint density at radius 1 is 1.29 bits per heavy atom. The molecule has 21 heavy (non-hydrogen) atoms. The Morgan fingerprint density at radius 2 is 2.05 bits per heavy atom. The zero-order valence-corrected chi connectivity index (χ0v) is 13.7. The summed E-state index contributed by atoms with van der Waals surface area (Å²) in [5.41, 5.74) is 3.11. The molecular weight excluding hydrogens is 282 g/mol. The van der Waals surface area contributed by atoms with Crippen molar-refractivity contribution in [3.05, 3.63) is 23.7 Å². The molecule has 2 heterocycles. The number of fused-ring (bicyclic) bond motifs is 1. The summed E-state index contributed by atoms with van der Waals surface area (Å²) in [4.78, 5) is 9.20. The lowest BCUT2D eigenvalue weighted by atomic mass is 9.81.